The van der Waals surface area contributed by atoms with E-state index < -0.39 is 0 Å². The number of benzene rings is 1. The Morgan fingerprint density at radius 1 is 1.29 bits per heavy atom. The Morgan fingerprint density at radius 3 is 2.82 bits per heavy atom. The summed E-state index contributed by atoms with van der Waals surface area (Å²) >= 11 is 0. The maximum Gasteiger partial charge on any atom is 0.134 e. The fraction of sp³-hybridized carbons (Fsp3) is 0.467. The lowest BCUT2D eigenvalue weighted by molar-refractivity contribution is 0.180. The molecular weight excluding hydrogens is 212 g/mol. The number of rotatable bonds is 4. The van der Waals surface area contributed by atoms with Crippen molar-refractivity contribution in [3.63, 3.8) is 0 Å². The van der Waals surface area contributed by atoms with Crippen LogP contribution in [0.15, 0.2) is 24.3 Å². The molecule has 1 aromatic rings. The molecule has 1 saturated carbocycles. The van der Waals surface area contributed by atoms with Crippen molar-refractivity contribution in [2.24, 2.45) is 5.92 Å². The van der Waals surface area contributed by atoms with E-state index in [2.05, 4.69) is 11.8 Å². The molecule has 1 N–H and O–H groups in total. The molecule has 0 aromatic heterocycles. The first-order chi connectivity index (χ1) is 8.40. The molecule has 0 radical (unpaired) electrons. The Balaban J connectivity index is 1.97. The summed E-state index contributed by atoms with van der Waals surface area (Å²) in [6.45, 7) is 0.913. The highest BCUT2D eigenvalue weighted by molar-refractivity contribution is 5.45. The zero-order chi connectivity index (χ0) is 11.9. The first-order valence-corrected chi connectivity index (χ1v) is 6.21. The van der Waals surface area contributed by atoms with Crippen LogP contribution in [0.25, 0.3) is 0 Å². The van der Waals surface area contributed by atoms with E-state index in [1.54, 1.807) is 0 Å². The van der Waals surface area contributed by atoms with Crippen molar-refractivity contribution in [3.8, 4) is 17.6 Å². The molecule has 17 heavy (non-hydrogen) atoms. The number of aliphatic hydroxyl groups is 1. The largest absolute Gasteiger partial charge is 0.492 e. The predicted molar refractivity (Wildman–Crippen MR) is 67.9 cm³/mol. The monoisotopic (exact) mass is 230 g/mol. The molecule has 2 heteroatoms. The molecule has 0 unspecified atom stereocenters. The molecule has 0 spiro atoms. The van der Waals surface area contributed by atoms with Crippen LogP contribution >= 0.6 is 0 Å². The van der Waals surface area contributed by atoms with Gasteiger partial charge in [0.05, 0.1) is 18.8 Å². The lowest BCUT2D eigenvalue weighted by atomic mass is 9.86. The van der Waals surface area contributed by atoms with Gasteiger partial charge in [-0.25, -0.2) is 0 Å². The Hall–Kier alpha value is -1.46. The molecule has 0 amide bonds. The van der Waals surface area contributed by atoms with E-state index in [0.29, 0.717) is 6.42 Å². The second-order valence-corrected chi connectivity index (χ2v) is 4.38. The Kier molecular flexibility index (Phi) is 4.46. The zero-order valence-electron chi connectivity index (χ0n) is 9.98. The van der Waals surface area contributed by atoms with Crippen molar-refractivity contribution in [1.82, 2.24) is 0 Å². The predicted octanol–water partition coefficient (Wildman–Crippen LogP) is 2.60. The minimum absolute atomic E-state index is 0.109. The van der Waals surface area contributed by atoms with Gasteiger partial charge in [0.25, 0.3) is 0 Å². The van der Waals surface area contributed by atoms with E-state index in [0.717, 1.165) is 23.8 Å². The van der Waals surface area contributed by atoms with Gasteiger partial charge in [0.2, 0.25) is 0 Å². The molecule has 2 rings (SSSR count). The molecule has 0 atom stereocenters. The van der Waals surface area contributed by atoms with Crippen LogP contribution in [-0.4, -0.2) is 18.3 Å². The molecule has 2 nitrogen and oxygen atoms in total. The lowest BCUT2D eigenvalue weighted by Crippen LogP contribution is -2.19. The summed E-state index contributed by atoms with van der Waals surface area (Å²) in [4.78, 5) is 0. The number of aliphatic hydroxyl groups excluding tert-OH is 1. The lowest BCUT2D eigenvalue weighted by Gasteiger charge is -2.25. The van der Waals surface area contributed by atoms with Crippen molar-refractivity contribution >= 4 is 0 Å². The number of ether oxygens (including phenoxy) is 1. The van der Waals surface area contributed by atoms with Crippen LogP contribution in [0.1, 0.15) is 31.2 Å². The summed E-state index contributed by atoms with van der Waals surface area (Å²) in [5.74, 6) is 7.56. The highest BCUT2D eigenvalue weighted by Gasteiger charge is 2.18. The molecule has 0 bridgehead atoms. The fourth-order valence-electron chi connectivity index (χ4n) is 1.78. The summed E-state index contributed by atoms with van der Waals surface area (Å²) < 4.78 is 5.81. The van der Waals surface area contributed by atoms with Gasteiger partial charge in [0.1, 0.15) is 5.75 Å². The molecule has 1 fully saturated rings. The van der Waals surface area contributed by atoms with E-state index in [1.165, 1.54) is 19.3 Å². The topological polar surface area (TPSA) is 29.5 Å². The summed E-state index contributed by atoms with van der Waals surface area (Å²) in [5, 5.41) is 8.70. The van der Waals surface area contributed by atoms with Crippen LogP contribution in [0.5, 0.6) is 5.75 Å². The maximum atomic E-state index is 8.70. The highest BCUT2D eigenvalue weighted by Crippen LogP contribution is 2.27. The van der Waals surface area contributed by atoms with Gasteiger partial charge in [-0.3, -0.25) is 0 Å². The van der Waals surface area contributed by atoms with Crippen molar-refractivity contribution in [2.75, 3.05) is 13.2 Å². The van der Waals surface area contributed by atoms with Gasteiger partial charge >= 0.3 is 0 Å². The van der Waals surface area contributed by atoms with Gasteiger partial charge in [-0.05, 0) is 30.9 Å². The van der Waals surface area contributed by atoms with Gasteiger partial charge < -0.3 is 9.84 Å². The van der Waals surface area contributed by atoms with E-state index in [4.69, 9.17) is 9.84 Å². The van der Waals surface area contributed by atoms with Gasteiger partial charge in [0.15, 0.2) is 0 Å². The average molecular weight is 230 g/mol. The second kappa shape index (κ2) is 6.32. The average Bonchev–Trinajstić information content (AvgIpc) is 2.29. The molecule has 0 saturated heterocycles. The second-order valence-electron chi connectivity index (χ2n) is 4.38. The maximum absolute atomic E-state index is 8.70. The third-order valence-electron chi connectivity index (χ3n) is 3.05. The van der Waals surface area contributed by atoms with Crippen molar-refractivity contribution in [1.29, 1.82) is 0 Å². The Labute approximate surface area is 103 Å². The van der Waals surface area contributed by atoms with Crippen LogP contribution in [0, 0.1) is 17.8 Å². The summed E-state index contributed by atoms with van der Waals surface area (Å²) in [5.41, 5.74) is 0.917. The minimum Gasteiger partial charge on any atom is -0.492 e. The number of para-hydroxylation sites is 1. The molecule has 1 aliphatic carbocycles. The molecular formula is C15H18O2. The zero-order valence-corrected chi connectivity index (χ0v) is 9.98. The Morgan fingerprint density at radius 2 is 2.12 bits per heavy atom. The number of hydrogen-bond donors (Lipinski definition) is 1. The summed E-state index contributed by atoms with van der Waals surface area (Å²) in [7, 11) is 0. The molecule has 0 aliphatic heterocycles. The van der Waals surface area contributed by atoms with Crippen molar-refractivity contribution in [2.45, 2.75) is 25.7 Å². The number of hydrogen-bond acceptors (Lipinski definition) is 2. The third kappa shape index (κ3) is 3.51. The van der Waals surface area contributed by atoms with Crippen LogP contribution in [-0.2, 0) is 0 Å². The third-order valence-corrected chi connectivity index (χ3v) is 3.05. The van der Waals surface area contributed by atoms with Gasteiger partial charge in [-0.15, -0.1) is 0 Å². The molecule has 0 heterocycles. The summed E-state index contributed by atoms with van der Waals surface area (Å²) in [6.07, 6.45) is 4.43. The van der Waals surface area contributed by atoms with Crippen LogP contribution in [0.4, 0.5) is 0 Å². The van der Waals surface area contributed by atoms with E-state index in [1.807, 2.05) is 24.3 Å². The SMILES string of the molecule is OCCC#Cc1ccccc1OCC1CCC1. The van der Waals surface area contributed by atoms with Crippen LogP contribution in [0.3, 0.4) is 0 Å². The Bertz CT molecular complexity index is 410. The van der Waals surface area contributed by atoms with E-state index in [-0.39, 0.29) is 6.61 Å². The molecule has 1 aliphatic rings. The van der Waals surface area contributed by atoms with E-state index in [9.17, 15) is 0 Å². The van der Waals surface area contributed by atoms with Crippen LogP contribution in [0.2, 0.25) is 0 Å². The normalized spacial score (nSPS) is 14.6. The van der Waals surface area contributed by atoms with Gasteiger partial charge in [-0.2, -0.15) is 0 Å². The van der Waals surface area contributed by atoms with Gasteiger partial charge in [-0.1, -0.05) is 30.4 Å². The van der Waals surface area contributed by atoms with Crippen molar-refractivity contribution in [3.05, 3.63) is 29.8 Å². The molecule has 90 valence electrons. The minimum atomic E-state index is 0.109. The van der Waals surface area contributed by atoms with E-state index >= 15 is 0 Å². The standard InChI is InChI=1S/C15H18O2/c16-11-4-3-9-14-8-1-2-10-15(14)17-12-13-6-5-7-13/h1-2,8,10,13,16H,4-7,11-12H2. The quantitative estimate of drug-likeness (QED) is 0.806. The van der Waals surface area contributed by atoms with Gasteiger partial charge in [0, 0.05) is 6.42 Å². The van der Waals surface area contributed by atoms with Crippen molar-refractivity contribution < 1.29 is 9.84 Å². The highest BCUT2D eigenvalue weighted by atomic mass is 16.5. The van der Waals surface area contributed by atoms with Crippen LogP contribution < -0.4 is 4.74 Å². The molecule has 1 aromatic carbocycles. The summed E-state index contributed by atoms with van der Waals surface area (Å²) in [6, 6.07) is 7.84. The smallest absolute Gasteiger partial charge is 0.134 e. The first kappa shape index (κ1) is 12.0. The fourth-order valence-corrected chi connectivity index (χ4v) is 1.78. The first-order valence-electron chi connectivity index (χ1n) is 6.21.